The molecule has 7 heteroatoms. The Hall–Kier alpha value is -2.15. The van der Waals surface area contributed by atoms with Gasteiger partial charge in [0.1, 0.15) is 0 Å². The molecule has 1 saturated carbocycles. The summed E-state index contributed by atoms with van der Waals surface area (Å²) in [6.45, 7) is 1.95. The number of hydrazine groups is 1. The summed E-state index contributed by atoms with van der Waals surface area (Å²) in [5, 5.41) is 13.7. The normalized spacial score (nSPS) is 16.1. The Morgan fingerprint density at radius 2 is 2.20 bits per heavy atom. The van der Waals surface area contributed by atoms with Gasteiger partial charge in [-0.1, -0.05) is 6.42 Å². The molecule has 0 radical (unpaired) electrons. The maximum absolute atomic E-state index is 12.2. The molecule has 1 aliphatic carbocycles. The highest BCUT2D eigenvalue weighted by atomic mass is 16.6. The molecule has 0 saturated heterocycles. The Bertz CT molecular complexity index is 528. The van der Waals surface area contributed by atoms with Gasteiger partial charge in [-0.15, -0.1) is 0 Å². The van der Waals surface area contributed by atoms with Crippen LogP contribution < -0.4 is 16.6 Å². The molecule has 0 heterocycles. The minimum atomic E-state index is -0.535. The average Bonchev–Trinajstić information content (AvgIpc) is 2.35. The van der Waals surface area contributed by atoms with Gasteiger partial charge in [0.15, 0.2) is 0 Å². The monoisotopic (exact) mass is 278 g/mol. The molecule has 20 heavy (non-hydrogen) atoms. The van der Waals surface area contributed by atoms with Crippen LogP contribution in [0.4, 0.5) is 11.4 Å². The third kappa shape index (κ3) is 2.88. The number of nitro groups is 1. The number of nitrogen functional groups attached to an aromatic ring is 1. The van der Waals surface area contributed by atoms with E-state index < -0.39 is 4.92 Å². The van der Waals surface area contributed by atoms with Crippen LogP contribution in [0.3, 0.4) is 0 Å². The standard InChI is InChI=1S/C13H18N4O3/c1-8(9-3-2-4-9)15-13(18)11-7-10(17(19)20)5-6-12(11)16-14/h5-9,16H,2-4,14H2,1H3,(H,15,18). The minimum absolute atomic E-state index is 0.0566. The molecule has 1 aliphatic rings. The molecule has 7 nitrogen and oxygen atoms in total. The molecule has 0 spiro atoms. The fourth-order valence-corrected chi connectivity index (χ4v) is 2.30. The van der Waals surface area contributed by atoms with Crippen LogP contribution in [0.5, 0.6) is 0 Å². The van der Waals surface area contributed by atoms with Gasteiger partial charge in [-0.25, -0.2) is 0 Å². The number of anilines is 1. The number of nitrogens with one attached hydrogen (secondary N) is 2. The summed E-state index contributed by atoms with van der Waals surface area (Å²) in [5.41, 5.74) is 2.81. The molecule has 1 unspecified atom stereocenters. The lowest BCUT2D eigenvalue weighted by Gasteiger charge is -2.32. The summed E-state index contributed by atoms with van der Waals surface area (Å²) < 4.78 is 0. The summed E-state index contributed by atoms with van der Waals surface area (Å²) in [5.74, 6) is 5.49. The fraction of sp³-hybridized carbons (Fsp3) is 0.462. The van der Waals surface area contributed by atoms with Crippen LogP contribution in [0.2, 0.25) is 0 Å². The quantitative estimate of drug-likeness (QED) is 0.432. The van der Waals surface area contributed by atoms with E-state index in [0.29, 0.717) is 11.6 Å². The number of hydrogen-bond acceptors (Lipinski definition) is 5. The van der Waals surface area contributed by atoms with Crippen molar-refractivity contribution in [3.63, 3.8) is 0 Å². The number of benzene rings is 1. The first-order valence-electron chi connectivity index (χ1n) is 6.59. The SMILES string of the molecule is CC(NC(=O)c1cc([N+](=O)[O-])ccc1NN)C1CCC1. The second-order valence-corrected chi connectivity index (χ2v) is 5.08. The van der Waals surface area contributed by atoms with Gasteiger partial charge >= 0.3 is 0 Å². The lowest BCUT2D eigenvalue weighted by atomic mass is 9.80. The van der Waals surface area contributed by atoms with E-state index in [1.54, 1.807) is 0 Å². The number of amides is 1. The largest absolute Gasteiger partial charge is 0.349 e. The predicted octanol–water partition coefficient (Wildman–Crippen LogP) is 1.80. The van der Waals surface area contributed by atoms with Crippen molar-refractivity contribution >= 4 is 17.3 Å². The average molecular weight is 278 g/mol. The smallest absolute Gasteiger partial charge is 0.270 e. The lowest BCUT2D eigenvalue weighted by Crippen LogP contribution is -2.41. The Morgan fingerprint density at radius 1 is 1.50 bits per heavy atom. The molecular weight excluding hydrogens is 260 g/mol. The van der Waals surface area contributed by atoms with Crippen molar-refractivity contribution in [3.8, 4) is 0 Å². The molecule has 4 N–H and O–H groups in total. The molecule has 0 bridgehead atoms. The van der Waals surface area contributed by atoms with E-state index in [4.69, 9.17) is 5.84 Å². The Morgan fingerprint density at radius 3 is 2.70 bits per heavy atom. The second kappa shape index (κ2) is 5.87. The number of rotatable bonds is 5. The first kappa shape index (κ1) is 14.3. The van der Waals surface area contributed by atoms with Crippen molar-refractivity contribution in [2.75, 3.05) is 5.43 Å². The topological polar surface area (TPSA) is 110 Å². The van der Waals surface area contributed by atoms with Crippen LogP contribution in [0.1, 0.15) is 36.5 Å². The number of carbonyl (C=O) groups is 1. The Labute approximate surface area is 116 Å². The van der Waals surface area contributed by atoms with Crippen molar-refractivity contribution in [2.45, 2.75) is 32.2 Å². The van der Waals surface area contributed by atoms with Gasteiger partial charge in [0.2, 0.25) is 0 Å². The maximum atomic E-state index is 12.2. The van der Waals surface area contributed by atoms with E-state index in [2.05, 4.69) is 10.7 Å². The first-order chi connectivity index (χ1) is 9.52. The summed E-state index contributed by atoms with van der Waals surface area (Å²) in [6.07, 6.45) is 3.41. The minimum Gasteiger partial charge on any atom is -0.349 e. The van der Waals surface area contributed by atoms with Crippen molar-refractivity contribution < 1.29 is 9.72 Å². The zero-order valence-corrected chi connectivity index (χ0v) is 11.3. The maximum Gasteiger partial charge on any atom is 0.270 e. The summed E-state index contributed by atoms with van der Waals surface area (Å²) >= 11 is 0. The van der Waals surface area contributed by atoms with E-state index in [0.717, 1.165) is 12.8 Å². The van der Waals surface area contributed by atoms with Gasteiger partial charge in [-0.05, 0) is 31.7 Å². The number of non-ortho nitro benzene ring substituents is 1. The van der Waals surface area contributed by atoms with E-state index in [-0.39, 0.29) is 23.2 Å². The van der Waals surface area contributed by atoms with E-state index in [9.17, 15) is 14.9 Å². The van der Waals surface area contributed by atoms with Gasteiger partial charge in [0.05, 0.1) is 16.2 Å². The van der Waals surface area contributed by atoms with Crippen molar-refractivity contribution in [1.29, 1.82) is 0 Å². The van der Waals surface area contributed by atoms with Crippen LogP contribution in [-0.2, 0) is 0 Å². The molecule has 0 aliphatic heterocycles. The molecule has 1 aromatic carbocycles. The second-order valence-electron chi connectivity index (χ2n) is 5.08. The van der Waals surface area contributed by atoms with Gasteiger partial charge in [0, 0.05) is 18.2 Å². The predicted molar refractivity (Wildman–Crippen MR) is 75.2 cm³/mol. The zero-order chi connectivity index (χ0) is 14.7. The van der Waals surface area contributed by atoms with E-state index in [1.165, 1.54) is 24.6 Å². The van der Waals surface area contributed by atoms with Gasteiger partial charge in [-0.2, -0.15) is 0 Å². The molecule has 1 aromatic rings. The fourth-order valence-electron chi connectivity index (χ4n) is 2.30. The lowest BCUT2D eigenvalue weighted by molar-refractivity contribution is -0.384. The van der Waals surface area contributed by atoms with E-state index in [1.807, 2.05) is 6.92 Å². The number of nitro benzene ring substituents is 1. The van der Waals surface area contributed by atoms with Crippen LogP contribution in [0, 0.1) is 16.0 Å². The first-order valence-corrected chi connectivity index (χ1v) is 6.59. The molecule has 1 atom stereocenters. The Balaban J connectivity index is 2.18. The molecule has 2 rings (SSSR count). The van der Waals surface area contributed by atoms with Crippen molar-refractivity contribution in [3.05, 3.63) is 33.9 Å². The van der Waals surface area contributed by atoms with Crippen LogP contribution in [-0.4, -0.2) is 16.9 Å². The Kier molecular flexibility index (Phi) is 4.19. The van der Waals surface area contributed by atoms with Crippen LogP contribution >= 0.6 is 0 Å². The number of hydrogen-bond donors (Lipinski definition) is 3. The number of nitrogens with two attached hydrogens (primary N) is 1. The molecule has 1 amide bonds. The number of nitrogens with zero attached hydrogens (tertiary/aromatic N) is 1. The highest BCUT2D eigenvalue weighted by molar-refractivity contribution is 6.00. The third-order valence-corrected chi connectivity index (χ3v) is 3.83. The van der Waals surface area contributed by atoms with Crippen LogP contribution in [0.15, 0.2) is 18.2 Å². The molecule has 0 aromatic heterocycles. The molecule has 1 fully saturated rings. The highest BCUT2D eigenvalue weighted by Gasteiger charge is 2.26. The van der Waals surface area contributed by atoms with Crippen molar-refractivity contribution in [1.82, 2.24) is 5.32 Å². The summed E-state index contributed by atoms with van der Waals surface area (Å²) in [4.78, 5) is 22.5. The molecular formula is C13H18N4O3. The van der Waals surface area contributed by atoms with Crippen LogP contribution in [0.25, 0.3) is 0 Å². The summed E-state index contributed by atoms with van der Waals surface area (Å²) in [6, 6.07) is 4.03. The summed E-state index contributed by atoms with van der Waals surface area (Å²) in [7, 11) is 0. The van der Waals surface area contributed by atoms with Crippen molar-refractivity contribution in [2.24, 2.45) is 11.8 Å². The zero-order valence-electron chi connectivity index (χ0n) is 11.3. The molecule has 108 valence electrons. The van der Waals surface area contributed by atoms with E-state index >= 15 is 0 Å². The highest BCUT2D eigenvalue weighted by Crippen LogP contribution is 2.30. The number of carbonyl (C=O) groups excluding carboxylic acids is 1. The van der Waals surface area contributed by atoms with Gasteiger partial charge in [-0.3, -0.25) is 20.8 Å². The third-order valence-electron chi connectivity index (χ3n) is 3.83. The van der Waals surface area contributed by atoms with Gasteiger partial charge < -0.3 is 10.7 Å². The van der Waals surface area contributed by atoms with Gasteiger partial charge in [0.25, 0.3) is 11.6 Å².